The minimum absolute atomic E-state index is 0.0671. The van der Waals surface area contributed by atoms with Crippen molar-refractivity contribution in [2.45, 2.75) is 26.4 Å². The van der Waals surface area contributed by atoms with Crippen molar-refractivity contribution in [2.75, 3.05) is 5.73 Å². The molecule has 0 aromatic heterocycles. The summed E-state index contributed by atoms with van der Waals surface area (Å²) in [5.74, 6) is -0.907. The van der Waals surface area contributed by atoms with E-state index in [2.05, 4.69) is 0 Å². The van der Waals surface area contributed by atoms with Gasteiger partial charge in [-0.1, -0.05) is 41.9 Å². The van der Waals surface area contributed by atoms with Gasteiger partial charge < -0.3 is 10.5 Å². The molecule has 0 bridgehead atoms. The van der Waals surface area contributed by atoms with Gasteiger partial charge in [-0.25, -0.2) is 4.79 Å². The van der Waals surface area contributed by atoms with Crippen LogP contribution in [0, 0.1) is 0 Å². The number of ketones is 1. The smallest absolute Gasteiger partial charge is 0.340 e. The lowest BCUT2D eigenvalue weighted by atomic mass is 9.99. The van der Waals surface area contributed by atoms with E-state index in [1.165, 1.54) is 12.1 Å². The molecule has 120 valence electrons. The molecule has 0 saturated heterocycles. The van der Waals surface area contributed by atoms with Crippen LogP contribution in [0.5, 0.6) is 0 Å². The van der Waals surface area contributed by atoms with Crippen LogP contribution in [0.4, 0.5) is 5.69 Å². The van der Waals surface area contributed by atoms with Crippen LogP contribution in [-0.2, 0) is 4.74 Å². The number of halogens is 1. The first-order valence-corrected chi connectivity index (χ1v) is 7.49. The van der Waals surface area contributed by atoms with Crippen molar-refractivity contribution in [2.24, 2.45) is 0 Å². The molecule has 0 aliphatic rings. The molecular formula is C18H18ClNO3. The predicted molar refractivity (Wildman–Crippen MR) is 90.9 cm³/mol. The number of benzene rings is 2. The van der Waals surface area contributed by atoms with E-state index in [0.29, 0.717) is 5.56 Å². The zero-order valence-corrected chi connectivity index (χ0v) is 14.0. The molecule has 0 unspecified atom stereocenters. The molecule has 0 amide bonds. The van der Waals surface area contributed by atoms with E-state index in [1.54, 1.807) is 45.0 Å². The lowest BCUT2D eigenvalue weighted by molar-refractivity contribution is 0.00708. The Hall–Kier alpha value is -2.33. The van der Waals surface area contributed by atoms with E-state index in [9.17, 15) is 9.59 Å². The van der Waals surface area contributed by atoms with E-state index >= 15 is 0 Å². The third-order valence-corrected chi connectivity index (χ3v) is 3.26. The maximum absolute atomic E-state index is 12.6. The van der Waals surface area contributed by atoms with E-state index in [-0.39, 0.29) is 27.6 Å². The molecule has 2 N–H and O–H groups in total. The van der Waals surface area contributed by atoms with Gasteiger partial charge in [-0.15, -0.1) is 0 Å². The largest absolute Gasteiger partial charge is 0.456 e. The van der Waals surface area contributed by atoms with Crippen LogP contribution in [0.2, 0.25) is 5.02 Å². The van der Waals surface area contributed by atoms with Gasteiger partial charge in [0.25, 0.3) is 0 Å². The number of nitrogen functional groups attached to an aromatic ring is 1. The molecular weight excluding hydrogens is 314 g/mol. The molecule has 2 rings (SSSR count). The van der Waals surface area contributed by atoms with Crippen molar-refractivity contribution in [3.8, 4) is 0 Å². The number of hydrogen-bond donors (Lipinski definition) is 1. The predicted octanol–water partition coefficient (Wildman–Crippen LogP) is 4.11. The highest BCUT2D eigenvalue weighted by atomic mass is 35.5. The molecule has 0 saturated carbocycles. The number of carbonyl (C=O) groups excluding carboxylic acids is 2. The minimum Gasteiger partial charge on any atom is -0.456 e. The molecule has 0 spiro atoms. The van der Waals surface area contributed by atoms with Crippen LogP contribution in [-0.4, -0.2) is 17.4 Å². The monoisotopic (exact) mass is 331 g/mol. The van der Waals surface area contributed by atoms with Gasteiger partial charge >= 0.3 is 5.97 Å². The number of anilines is 1. The Labute approximate surface area is 140 Å². The molecule has 0 aliphatic heterocycles. The molecule has 5 heteroatoms. The van der Waals surface area contributed by atoms with E-state index in [4.69, 9.17) is 22.1 Å². The summed E-state index contributed by atoms with van der Waals surface area (Å²) in [6.07, 6.45) is 0. The van der Waals surface area contributed by atoms with Crippen molar-refractivity contribution in [1.82, 2.24) is 0 Å². The number of carbonyl (C=O) groups is 2. The fraction of sp³-hybridized carbons (Fsp3) is 0.222. The van der Waals surface area contributed by atoms with Crippen LogP contribution < -0.4 is 5.73 Å². The van der Waals surface area contributed by atoms with Gasteiger partial charge in [0.1, 0.15) is 5.60 Å². The average molecular weight is 332 g/mol. The zero-order chi connectivity index (χ0) is 17.2. The Morgan fingerprint density at radius 3 is 2.17 bits per heavy atom. The second kappa shape index (κ2) is 6.42. The van der Waals surface area contributed by atoms with Gasteiger partial charge in [-0.05, 0) is 32.9 Å². The van der Waals surface area contributed by atoms with Gasteiger partial charge in [-0.3, -0.25) is 4.79 Å². The second-order valence-electron chi connectivity index (χ2n) is 6.11. The Morgan fingerprint density at radius 1 is 1.04 bits per heavy atom. The van der Waals surface area contributed by atoms with Crippen LogP contribution in [0.15, 0.2) is 42.5 Å². The van der Waals surface area contributed by atoms with Crippen LogP contribution in [0.25, 0.3) is 0 Å². The quantitative estimate of drug-likeness (QED) is 0.522. The second-order valence-corrected chi connectivity index (χ2v) is 6.55. The standard InChI is InChI=1S/C18H18ClNO3/c1-18(2,3)23-17(22)14-10-12(19)9-13(15(14)20)16(21)11-7-5-4-6-8-11/h4-10H,20H2,1-3H3. The van der Waals surface area contributed by atoms with Gasteiger partial charge in [0.05, 0.1) is 11.3 Å². The molecule has 0 fully saturated rings. The SMILES string of the molecule is CC(C)(C)OC(=O)c1cc(Cl)cc(C(=O)c2ccccc2)c1N. The summed E-state index contributed by atoms with van der Waals surface area (Å²) in [5.41, 5.74) is 6.17. The number of rotatable bonds is 3. The van der Waals surface area contributed by atoms with Crippen LogP contribution in [0.3, 0.4) is 0 Å². The fourth-order valence-electron chi connectivity index (χ4n) is 2.05. The normalized spacial score (nSPS) is 11.1. The number of esters is 1. The molecule has 0 heterocycles. The molecule has 2 aromatic carbocycles. The molecule has 23 heavy (non-hydrogen) atoms. The maximum Gasteiger partial charge on any atom is 0.340 e. The van der Waals surface area contributed by atoms with Crippen molar-refractivity contribution >= 4 is 29.0 Å². The summed E-state index contributed by atoms with van der Waals surface area (Å²) >= 11 is 6.05. The van der Waals surface area contributed by atoms with Crippen molar-refractivity contribution in [3.63, 3.8) is 0 Å². The highest BCUT2D eigenvalue weighted by Crippen LogP contribution is 2.27. The molecule has 4 nitrogen and oxygen atoms in total. The van der Waals surface area contributed by atoms with Crippen molar-refractivity contribution in [3.05, 3.63) is 64.2 Å². The molecule has 0 aliphatic carbocycles. The van der Waals surface area contributed by atoms with Crippen molar-refractivity contribution < 1.29 is 14.3 Å². The topological polar surface area (TPSA) is 69.4 Å². The van der Waals surface area contributed by atoms with Gasteiger partial charge in [0.2, 0.25) is 0 Å². The summed E-state index contributed by atoms with van der Waals surface area (Å²) in [4.78, 5) is 24.9. The van der Waals surface area contributed by atoms with Gasteiger partial charge in [0, 0.05) is 16.1 Å². The molecule has 0 atom stereocenters. The average Bonchev–Trinajstić information content (AvgIpc) is 2.47. The summed E-state index contributed by atoms with van der Waals surface area (Å²) in [7, 11) is 0. The Balaban J connectivity index is 2.47. The number of nitrogens with two attached hydrogens (primary N) is 1. The lowest BCUT2D eigenvalue weighted by Gasteiger charge is -2.20. The van der Waals surface area contributed by atoms with Crippen LogP contribution >= 0.6 is 11.6 Å². The highest BCUT2D eigenvalue weighted by Gasteiger charge is 2.24. The van der Waals surface area contributed by atoms with E-state index in [0.717, 1.165) is 0 Å². The van der Waals surface area contributed by atoms with E-state index < -0.39 is 11.6 Å². The minimum atomic E-state index is -0.671. The van der Waals surface area contributed by atoms with E-state index in [1.807, 2.05) is 6.07 Å². The third kappa shape index (κ3) is 4.11. The maximum atomic E-state index is 12.6. The summed E-state index contributed by atoms with van der Waals surface area (Å²) in [5, 5.41) is 0.249. The molecule has 2 aromatic rings. The summed E-state index contributed by atoms with van der Waals surface area (Å²) in [6.45, 7) is 5.25. The third-order valence-electron chi connectivity index (χ3n) is 3.04. The Kier molecular flexibility index (Phi) is 4.76. The van der Waals surface area contributed by atoms with Crippen LogP contribution in [0.1, 0.15) is 47.1 Å². The first-order chi connectivity index (χ1) is 10.7. The van der Waals surface area contributed by atoms with Gasteiger partial charge in [-0.2, -0.15) is 0 Å². The number of ether oxygens (including phenoxy) is 1. The highest BCUT2D eigenvalue weighted by molar-refractivity contribution is 6.32. The van der Waals surface area contributed by atoms with Crippen molar-refractivity contribution in [1.29, 1.82) is 0 Å². The Bertz CT molecular complexity index is 749. The van der Waals surface area contributed by atoms with Gasteiger partial charge in [0.15, 0.2) is 5.78 Å². The summed E-state index contributed by atoms with van der Waals surface area (Å²) in [6, 6.07) is 11.5. The Morgan fingerprint density at radius 2 is 1.61 bits per heavy atom. The summed E-state index contributed by atoms with van der Waals surface area (Å²) < 4.78 is 5.31. The lowest BCUT2D eigenvalue weighted by Crippen LogP contribution is -2.25. The number of hydrogen-bond acceptors (Lipinski definition) is 4. The molecule has 0 radical (unpaired) electrons. The zero-order valence-electron chi connectivity index (χ0n) is 13.2. The first-order valence-electron chi connectivity index (χ1n) is 7.11. The fourth-order valence-corrected chi connectivity index (χ4v) is 2.27. The first kappa shape index (κ1) is 17.0.